The van der Waals surface area contributed by atoms with Gasteiger partial charge in [-0.3, -0.25) is 0 Å². The van der Waals surface area contributed by atoms with E-state index in [0.29, 0.717) is 19.8 Å². The molecule has 1 heterocycles. The molecule has 1 aliphatic heterocycles. The van der Waals surface area contributed by atoms with Crippen molar-refractivity contribution >= 4 is 0 Å². The predicted octanol–water partition coefficient (Wildman–Crippen LogP) is 1.28. The van der Waals surface area contributed by atoms with Crippen LogP contribution >= 0.6 is 0 Å². The molecule has 0 bridgehead atoms. The molecule has 0 saturated carbocycles. The zero-order chi connectivity index (χ0) is 9.86. The maximum atomic E-state index is 5.72. The lowest BCUT2D eigenvalue weighted by Gasteiger charge is -2.06. The summed E-state index contributed by atoms with van der Waals surface area (Å²) in [6.45, 7) is 1.98. The van der Waals surface area contributed by atoms with Gasteiger partial charge in [-0.25, -0.2) is 0 Å². The first-order chi connectivity index (χ1) is 6.79. The number of ether oxygens (including phenoxy) is 2. The van der Waals surface area contributed by atoms with Gasteiger partial charge < -0.3 is 15.2 Å². The Morgan fingerprint density at radius 2 is 2.07 bits per heavy atom. The highest BCUT2D eigenvalue weighted by molar-refractivity contribution is 5.13. The van der Waals surface area contributed by atoms with E-state index in [1.165, 1.54) is 5.56 Å². The zero-order valence-corrected chi connectivity index (χ0v) is 8.11. The highest BCUT2D eigenvalue weighted by Crippen LogP contribution is 2.23. The summed E-state index contributed by atoms with van der Waals surface area (Å²) in [6, 6.07) is 10.1. The summed E-state index contributed by atoms with van der Waals surface area (Å²) in [6.07, 6.45) is 0.778. The smallest absolute Gasteiger partial charge is 0.142 e. The third-order valence-corrected chi connectivity index (χ3v) is 2.30. The van der Waals surface area contributed by atoms with E-state index in [1.54, 1.807) is 0 Å². The summed E-state index contributed by atoms with van der Waals surface area (Å²) in [5, 5.41) is 0. The Morgan fingerprint density at radius 1 is 1.36 bits per heavy atom. The van der Waals surface area contributed by atoms with E-state index in [0.717, 1.165) is 6.42 Å². The Hall–Kier alpha value is -0.900. The van der Waals surface area contributed by atoms with E-state index in [2.05, 4.69) is 0 Å². The first-order valence-corrected chi connectivity index (χ1v) is 4.83. The van der Waals surface area contributed by atoms with Gasteiger partial charge in [-0.1, -0.05) is 30.3 Å². The van der Waals surface area contributed by atoms with Gasteiger partial charge in [0.2, 0.25) is 0 Å². The number of hydrogen-bond donors (Lipinski definition) is 1. The van der Waals surface area contributed by atoms with Crippen molar-refractivity contribution in [2.24, 2.45) is 5.73 Å². The van der Waals surface area contributed by atoms with Crippen LogP contribution in [0.1, 0.15) is 12.0 Å². The van der Waals surface area contributed by atoms with Gasteiger partial charge in [0, 0.05) is 6.42 Å². The fourth-order valence-corrected chi connectivity index (χ4v) is 1.25. The lowest BCUT2D eigenvalue weighted by atomic mass is 10.2. The summed E-state index contributed by atoms with van der Waals surface area (Å²) in [5.41, 5.74) is 6.54. The number of hydrogen-bond acceptors (Lipinski definition) is 3. The summed E-state index contributed by atoms with van der Waals surface area (Å²) in [7, 11) is 0. The maximum absolute atomic E-state index is 5.72. The van der Waals surface area contributed by atoms with Crippen LogP contribution in [0.3, 0.4) is 0 Å². The molecule has 1 unspecified atom stereocenters. The maximum Gasteiger partial charge on any atom is 0.142 e. The number of epoxide rings is 1. The molecule has 2 N–H and O–H groups in total. The van der Waals surface area contributed by atoms with Crippen molar-refractivity contribution in [1.82, 2.24) is 0 Å². The molecule has 3 nitrogen and oxygen atoms in total. The van der Waals surface area contributed by atoms with Gasteiger partial charge >= 0.3 is 0 Å². The van der Waals surface area contributed by atoms with Crippen molar-refractivity contribution in [3.05, 3.63) is 35.9 Å². The molecule has 0 amide bonds. The van der Waals surface area contributed by atoms with Gasteiger partial charge in [0.05, 0.1) is 19.8 Å². The number of benzene rings is 1. The third kappa shape index (κ3) is 2.80. The van der Waals surface area contributed by atoms with Crippen LogP contribution in [0.25, 0.3) is 0 Å². The van der Waals surface area contributed by atoms with Crippen molar-refractivity contribution in [2.45, 2.75) is 18.8 Å². The molecule has 1 fully saturated rings. The van der Waals surface area contributed by atoms with Crippen molar-refractivity contribution in [3.8, 4) is 0 Å². The van der Waals surface area contributed by atoms with E-state index in [1.807, 2.05) is 30.3 Å². The molecule has 0 aliphatic carbocycles. The molecule has 2 rings (SSSR count). The van der Waals surface area contributed by atoms with Gasteiger partial charge in [-0.05, 0) is 5.56 Å². The third-order valence-electron chi connectivity index (χ3n) is 2.30. The van der Waals surface area contributed by atoms with Gasteiger partial charge in [-0.15, -0.1) is 0 Å². The first-order valence-electron chi connectivity index (χ1n) is 4.83. The van der Waals surface area contributed by atoms with Gasteiger partial charge in [0.15, 0.2) is 0 Å². The minimum absolute atomic E-state index is 0.378. The second-order valence-corrected chi connectivity index (χ2v) is 3.64. The van der Waals surface area contributed by atoms with Crippen LogP contribution in [-0.2, 0) is 16.1 Å². The van der Waals surface area contributed by atoms with E-state index < -0.39 is 0 Å². The highest BCUT2D eigenvalue weighted by atomic mass is 16.6. The average Bonchev–Trinajstić information content (AvgIpc) is 2.94. The van der Waals surface area contributed by atoms with E-state index in [4.69, 9.17) is 15.2 Å². The highest BCUT2D eigenvalue weighted by Gasteiger charge is 2.39. The summed E-state index contributed by atoms with van der Waals surface area (Å²) in [4.78, 5) is 0. The molecule has 1 aromatic rings. The quantitative estimate of drug-likeness (QED) is 0.566. The fraction of sp³-hybridized carbons (Fsp3) is 0.455. The molecule has 0 aromatic heterocycles. The van der Waals surface area contributed by atoms with Crippen LogP contribution in [0.4, 0.5) is 0 Å². The molecule has 1 aliphatic rings. The Kier molecular flexibility index (Phi) is 2.82. The molecule has 3 heteroatoms. The minimum atomic E-state index is -0.378. The van der Waals surface area contributed by atoms with E-state index in [9.17, 15) is 0 Å². The summed E-state index contributed by atoms with van der Waals surface area (Å²) >= 11 is 0. The number of nitrogens with two attached hydrogens (primary N) is 1. The molecule has 1 atom stereocenters. The van der Waals surface area contributed by atoms with Crippen molar-refractivity contribution < 1.29 is 9.47 Å². The standard InChI is InChI=1S/C11H15NO2/c12-11(9-14-11)6-7-13-8-10-4-2-1-3-5-10/h1-5H,6-9,12H2. The van der Waals surface area contributed by atoms with Crippen LogP contribution in [0.2, 0.25) is 0 Å². The van der Waals surface area contributed by atoms with Crippen LogP contribution in [0.15, 0.2) is 30.3 Å². The zero-order valence-electron chi connectivity index (χ0n) is 8.11. The monoisotopic (exact) mass is 193 g/mol. The lowest BCUT2D eigenvalue weighted by Crippen LogP contribution is -2.25. The van der Waals surface area contributed by atoms with Gasteiger partial charge in [0.25, 0.3) is 0 Å². The van der Waals surface area contributed by atoms with Crippen LogP contribution < -0.4 is 5.73 Å². The van der Waals surface area contributed by atoms with Gasteiger partial charge in [-0.2, -0.15) is 0 Å². The van der Waals surface area contributed by atoms with Crippen molar-refractivity contribution in [1.29, 1.82) is 0 Å². The van der Waals surface area contributed by atoms with Crippen LogP contribution in [0, 0.1) is 0 Å². The molecule has 0 radical (unpaired) electrons. The van der Waals surface area contributed by atoms with Crippen LogP contribution in [0.5, 0.6) is 0 Å². The molecule has 1 saturated heterocycles. The second kappa shape index (κ2) is 4.09. The molecular formula is C11H15NO2. The van der Waals surface area contributed by atoms with E-state index in [-0.39, 0.29) is 5.72 Å². The Labute approximate surface area is 83.8 Å². The average molecular weight is 193 g/mol. The SMILES string of the molecule is NC1(CCOCc2ccccc2)CO1. The Morgan fingerprint density at radius 3 is 2.71 bits per heavy atom. The molecular weight excluding hydrogens is 178 g/mol. The van der Waals surface area contributed by atoms with Crippen molar-refractivity contribution in [2.75, 3.05) is 13.2 Å². The fourth-order valence-electron chi connectivity index (χ4n) is 1.25. The molecule has 0 spiro atoms. The normalized spacial score (nSPS) is 24.9. The first kappa shape index (κ1) is 9.65. The van der Waals surface area contributed by atoms with Gasteiger partial charge in [0.1, 0.15) is 5.72 Å². The van der Waals surface area contributed by atoms with E-state index >= 15 is 0 Å². The Balaban J connectivity index is 1.63. The van der Waals surface area contributed by atoms with Crippen LogP contribution in [-0.4, -0.2) is 18.9 Å². The topological polar surface area (TPSA) is 47.8 Å². The second-order valence-electron chi connectivity index (χ2n) is 3.64. The molecule has 76 valence electrons. The largest absolute Gasteiger partial charge is 0.377 e. The minimum Gasteiger partial charge on any atom is -0.377 e. The molecule has 14 heavy (non-hydrogen) atoms. The predicted molar refractivity (Wildman–Crippen MR) is 53.6 cm³/mol. The lowest BCUT2D eigenvalue weighted by molar-refractivity contribution is 0.0996. The Bertz CT molecular complexity index is 283. The molecule has 1 aromatic carbocycles. The van der Waals surface area contributed by atoms with Crippen molar-refractivity contribution in [3.63, 3.8) is 0 Å². The summed E-state index contributed by atoms with van der Waals surface area (Å²) < 4.78 is 10.5. The number of rotatable bonds is 5. The summed E-state index contributed by atoms with van der Waals surface area (Å²) in [5.74, 6) is 0.